The van der Waals surface area contributed by atoms with Crippen molar-refractivity contribution in [2.45, 2.75) is 26.7 Å². The van der Waals surface area contributed by atoms with Gasteiger partial charge in [-0.15, -0.1) is 5.10 Å². The van der Waals surface area contributed by atoms with Crippen LogP contribution in [0, 0.1) is 6.92 Å². The minimum Gasteiger partial charge on any atom is -0.297 e. The molecular formula is C14H13ClN4OS2. The van der Waals surface area contributed by atoms with Crippen molar-refractivity contribution in [3.05, 3.63) is 33.3 Å². The Morgan fingerprint density at radius 1 is 1.41 bits per heavy atom. The highest BCUT2D eigenvalue weighted by atomic mass is 35.5. The maximum Gasteiger partial charge on any atom is 0.271 e. The molecule has 114 valence electrons. The van der Waals surface area contributed by atoms with E-state index in [1.807, 2.05) is 26.0 Å². The summed E-state index contributed by atoms with van der Waals surface area (Å²) in [5.74, 6) is -0.216. The number of anilines is 1. The van der Waals surface area contributed by atoms with Gasteiger partial charge < -0.3 is 0 Å². The molecule has 0 aliphatic rings. The maximum absolute atomic E-state index is 12.4. The number of carbonyl (C=O) groups excluding carboxylic acids is 1. The SMILES string of the molecule is CCCc1nnsc1C(=O)Nc1nc2c(C)ccc(Cl)c2s1. The molecule has 0 saturated heterocycles. The van der Waals surface area contributed by atoms with Gasteiger partial charge in [0.2, 0.25) is 0 Å². The smallest absolute Gasteiger partial charge is 0.271 e. The molecule has 3 aromatic rings. The summed E-state index contributed by atoms with van der Waals surface area (Å²) in [6.45, 7) is 4.01. The first-order valence-corrected chi connectivity index (χ1v) is 8.75. The van der Waals surface area contributed by atoms with Gasteiger partial charge in [-0.2, -0.15) is 0 Å². The summed E-state index contributed by atoms with van der Waals surface area (Å²) in [5, 5.41) is 8.01. The standard InChI is InChI=1S/C14H13ClN4OS2/c1-3-4-9-12(22-19-18-9)13(20)17-14-16-10-7(2)5-6-8(15)11(10)21-14/h5-6H,3-4H2,1-2H3,(H,16,17,20). The molecular weight excluding hydrogens is 340 g/mol. The monoisotopic (exact) mass is 352 g/mol. The van der Waals surface area contributed by atoms with Crippen LogP contribution in [0.2, 0.25) is 5.02 Å². The normalized spacial score (nSPS) is 11.0. The highest BCUT2D eigenvalue weighted by molar-refractivity contribution is 7.23. The predicted octanol–water partition coefficient (Wildman–Crippen LogP) is 4.31. The Labute approximate surface area is 140 Å². The van der Waals surface area contributed by atoms with Crippen LogP contribution in [0.25, 0.3) is 10.2 Å². The molecule has 2 heterocycles. The van der Waals surface area contributed by atoms with Crippen LogP contribution in [-0.2, 0) is 6.42 Å². The van der Waals surface area contributed by atoms with Gasteiger partial charge >= 0.3 is 0 Å². The lowest BCUT2D eigenvalue weighted by atomic mass is 10.2. The van der Waals surface area contributed by atoms with Crippen molar-refractivity contribution >= 4 is 55.7 Å². The number of hydrogen-bond donors (Lipinski definition) is 1. The highest BCUT2D eigenvalue weighted by Crippen LogP contribution is 2.34. The second kappa shape index (κ2) is 6.28. The van der Waals surface area contributed by atoms with Crippen LogP contribution in [0.5, 0.6) is 0 Å². The fourth-order valence-corrected chi connectivity index (χ4v) is 3.91. The van der Waals surface area contributed by atoms with Crippen molar-refractivity contribution in [2.24, 2.45) is 0 Å². The van der Waals surface area contributed by atoms with Crippen molar-refractivity contribution in [3.63, 3.8) is 0 Å². The van der Waals surface area contributed by atoms with E-state index >= 15 is 0 Å². The average Bonchev–Trinajstić information content (AvgIpc) is 3.11. The lowest BCUT2D eigenvalue weighted by molar-refractivity contribution is 0.102. The molecule has 5 nitrogen and oxygen atoms in total. The van der Waals surface area contributed by atoms with Gasteiger partial charge in [0.05, 0.1) is 20.9 Å². The fourth-order valence-electron chi connectivity index (χ4n) is 2.09. The van der Waals surface area contributed by atoms with Gasteiger partial charge in [0.15, 0.2) is 5.13 Å². The zero-order valence-corrected chi connectivity index (χ0v) is 14.4. The summed E-state index contributed by atoms with van der Waals surface area (Å²) < 4.78 is 4.75. The zero-order chi connectivity index (χ0) is 15.7. The van der Waals surface area contributed by atoms with Crippen LogP contribution in [0.15, 0.2) is 12.1 Å². The number of nitrogens with one attached hydrogen (secondary N) is 1. The minimum atomic E-state index is -0.216. The quantitative estimate of drug-likeness (QED) is 0.759. The Hall–Kier alpha value is -1.57. The number of aryl methyl sites for hydroxylation is 2. The lowest BCUT2D eigenvalue weighted by Crippen LogP contribution is -2.12. The van der Waals surface area contributed by atoms with Crippen LogP contribution < -0.4 is 5.32 Å². The molecule has 0 spiro atoms. The van der Waals surface area contributed by atoms with E-state index in [0.29, 0.717) is 15.0 Å². The molecule has 0 radical (unpaired) electrons. The van der Waals surface area contributed by atoms with E-state index in [-0.39, 0.29) is 5.91 Å². The van der Waals surface area contributed by atoms with Crippen molar-refractivity contribution in [1.29, 1.82) is 0 Å². The van der Waals surface area contributed by atoms with Gasteiger partial charge in [-0.05, 0) is 36.5 Å². The van der Waals surface area contributed by atoms with Crippen molar-refractivity contribution in [3.8, 4) is 0 Å². The van der Waals surface area contributed by atoms with Gasteiger partial charge in [-0.25, -0.2) is 4.98 Å². The van der Waals surface area contributed by atoms with E-state index in [1.165, 1.54) is 11.3 Å². The largest absolute Gasteiger partial charge is 0.297 e. The van der Waals surface area contributed by atoms with E-state index in [2.05, 4.69) is 19.9 Å². The number of nitrogens with zero attached hydrogens (tertiary/aromatic N) is 3. The van der Waals surface area contributed by atoms with Crippen LogP contribution in [0.4, 0.5) is 5.13 Å². The number of amides is 1. The summed E-state index contributed by atoms with van der Waals surface area (Å²) in [6.07, 6.45) is 1.66. The number of thiazole rings is 1. The summed E-state index contributed by atoms with van der Waals surface area (Å²) in [6, 6.07) is 3.76. The van der Waals surface area contributed by atoms with E-state index in [0.717, 1.165) is 45.8 Å². The summed E-state index contributed by atoms with van der Waals surface area (Å²) in [4.78, 5) is 17.4. The highest BCUT2D eigenvalue weighted by Gasteiger charge is 2.18. The Balaban J connectivity index is 1.90. The molecule has 0 fully saturated rings. The van der Waals surface area contributed by atoms with Crippen LogP contribution in [-0.4, -0.2) is 20.5 Å². The average molecular weight is 353 g/mol. The summed E-state index contributed by atoms with van der Waals surface area (Å²) in [5.41, 5.74) is 2.59. The van der Waals surface area contributed by atoms with E-state index in [4.69, 9.17) is 11.6 Å². The Morgan fingerprint density at radius 3 is 2.95 bits per heavy atom. The molecule has 0 bridgehead atoms. The number of hydrogen-bond acceptors (Lipinski definition) is 6. The molecule has 2 aromatic heterocycles. The summed E-state index contributed by atoms with van der Waals surface area (Å²) in [7, 11) is 0. The first-order valence-electron chi connectivity index (χ1n) is 6.78. The first kappa shape index (κ1) is 15.3. The van der Waals surface area contributed by atoms with Gasteiger partial charge in [-0.3, -0.25) is 10.1 Å². The lowest BCUT2D eigenvalue weighted by Gasteiger charge is -1.99. The molecule has 22 heavy (non-hydrogen) atoms. The molecule has 0 saturated carbocycles. The van der Waals surface area contributed by atoms with E-state index in [1.54, 1.807) is 0 Å². The van der Waals surface area contributed by atoms with Crippen molar-refractivity contribution < 1.29 is 4.79 Å². The molecule has 1 aromatic carbocycles. The predicted molar refractivity (Wildman–Crippen MR) is 91.2 cm³/mol. The molecule has 0 unspecified atom stereocenters. The van der Waals surface area contributed by atoms with Crippen LogP contribution in [0.1, 0.15) is 34.3 Å². The summed E-state index contributed by atoms with van der Waals surface area (Å²) >= 11 is 8.66. The van der Waals surface area contributed by atoms with Crippen LogP contribution >= 0.6 is 34.5 Å². The molecule has 0 aliphatic carbocycles. The van der Waals surface area contributed by atoms with E-state index < -0.39 is 0 Å². The molecule has 8 heteroatoms. The number of fused-ring (bicyclic) bond motifs is 1. The third kappa shape index (κ3) is 2.84. The second-order valence-corrected chi connectivity index (χ2v) is 6.97. The number of halogens is 1. The van der Waals surface area contributed by atoms with Gasteiger partial charge in [0.1, 0.15) is 4.88 Å². The zero-order valence-electron chi connectivity index (χ0n) is 12.0. The van der Waals surface area contributed by atoms with Gasteiger partial charge in [-0.1, -0.05) is 46.8 Å². The number of rotatable bonds is 4. The number of benzene rings is 1. The fraction of sp³-hybridized carbons (Fsp3) is 0.286. The third-order valence-corrected chi connectivity index (χ3v) is 5.36. The topological polar surface area (TPSA) is 67.8 Å². The number of aromatic nitrogens is 3. The van der Waals surface area contributed by atoms with Gasteiger partial charge in [0, 0.05) is 0 Å². The molecule has 1 N–H and O–H groups in total. The Kier molecular flexibility index (Phi) is 4.37. The van der Waals surface area contributed by atoms with Crippen LogP contribution in [0.3, 0.4) is 0 Å². The third-order valence-electron chi connectivity index (χ3n) is 3.17. The number of carbonyl (C=O) groups is 1. The second-order valence-electron chi connectivity index (χ2n) is 4.81. The van der Waals surface area contributed by atoms with Crippen molar-refractivity contribution in [1.82, 2.24) is 14.6 Å². The van der Waals surface area contributed by atoms with Crippen molar-refractivity contribution in [2.75, 3.05) is 5.32 Å². The molecule has 0 aliphatic heterocycles. The minimum absolute atomic E-state index is 0.216. The molecule has 3 rings (SSSR count). The maximum atomic E-state index is 12.4. The Morgan fingerprint density at radius 2 is 2.23 bits per heavy atom. The van der Waals surface area contributed by atoms with E-state index in [9.17, 15) is 4.79 Å². The molecule has 1 amide bonds. The van der Waals surface area contributed by atoms with Gasteiger partial charge in [0.25, 0.3) is 5.91 Å². The Bertz CT molecular complexity index is 804. The molecule has 0 atom stereocenters. The first-order chi connectivity index (χ1) is 10.6.